The van der Waals surface area contributed by atoms with Gasteiger partial charge in [-0.3, -0.25) is 9.62 Å². The van der Waals surface area contributed by atoms with Gasteiger partial charge < -0.3 is 15.0 Å². The average molecular weight is 523 g/mol. The van der Waals surface area contributed by atoms with Gasteiger partial charge in [-0.15, -0.1) is 12.4 Å². The minimum absolute atomic E-state index is 0. The molecule has 2 aromatic carbocycles. The van der Waals surface area contributed by atoms with Gasteiger partial charge in [-0.25, -0.2) is 13.2 Å². The monoisotopic (exact) mass is 522 g/mol. The molecule has 0 spiro atoms. The van der Waals surface area contributed by atoms with Crippen molar-refractivity contribution in [2.75, 3.05) is 37.2 Å². The Balaban J connectivity index is 0.00000342. The van der Waals surface area contributed by atoms with Gasteiger partial charge in [0.2, 0.25) is 10.0 Å². The molecule has 1 heterocycles. The van der Waals surface area contributed by atoms with Gasteiger partial charge in [0.1, 0.15) is 11.5 Å². The smallest absolute Gasteiger partial charge is 0.317 e. The molecule has 0 aromatic heterocycles. The van der Waals surface area contributed by atoms with Crippen LogP contribution in [0.15, 0.2) is 48.5 Å². The van der Waals surface area contributed by atoms with Crippen LogP contribution < -0.4 is 14.8 Å². The van der Waals surface area contributed by atoms with Crippen LogP contribution in [0.4, 0.5) is 10.5 Å². The molecule has 8 nitrogen and oxygen atoms in total. The van der Waals surface area contributed by atoms with Crippen molar-refractivity contribution >= 4 is 34.1 Å². The molecule has 10 heteroatoms. The molecule has 192 valence electrons. The van der Waals surface area contributed by atoms with Crippen LogP contribution in [0.5, 0.6) is 11.5 Å². The van der Waals surface area contributed by atoms with Crippen LogP contribution in [0.3, 0.4) is 0 Å². The Bertz CT molecular complexity index is 1050. The molecule has 0 atom stereocenters. The number of ether oxygens (including phenoxy) is 1. The van der Waals surface area contributed by atoms with Crippen LogP contribution in [0.1, 0.15) is 37.7 Å². The number of hydrogen-bond acceptors (Lipinski definition) is 5. The van der Waals surface area contributed by atoms with Gasteiger partial charge in [-0.1, -0.05) is 31.4 Å². The van der Waals surface area contributed by atoms with E-state index in [2.05, 4.69) is 27.1 Å². The van der Waals surface area contributed by atoms with Crippen molar-refractivity contribution in [1.82, 2.24) is 15.1 Å². The molecule has 0 unspecified atom stereocenters. The normalized spacial score (nSPS) is 17.3. The number of sulfonamides is 1. The molecule has 2 amide bonds. The van der Waals surface area contributed by atoms with Crippen molar-refractivity contribution in [2.24, 2.45) is 0 Å². The van der Waals surface area contributed by atoms with Crippen LogP contribution in [0, 0.1) is 0 Å². The van der Waals surface area contributed by atoms with Crippen LogP contribution in [0.25, 0.3) is 0 Å². The van der Waals surface area contributed by atoms with Gasteiger partial charge in [0.25, 0.3) is 0 Å². The third-order valence-electron chi connectivity index (χ3n) is 6.32. The molecule has 2 aliphatic rings. The average Bonchev–Trinajstić information content (AvgIpc) is 2.82. The number of amides is 2. The van der Waals surface area contributed by atoms with Gasteiger partial charge in [0, 0.05) is 44.5 Å². The lowest BCUT2D eigenvalue weighted by atomic mass is 9.96. The van der Waals surface area contributed by atoms with Crippen LogP contribution in [0.2, 0.25) is 0 Å². The zero-order valence-corrected chi connectivity index (χ0v) is 21.7. The Morgan fingerprint density at radius 3 is 2.06 bits per heavy atom. The number of urea groups is 1. The summed E-state index contributed by atoms with van der Waals surface area (Å²) < 4.78 is 30.9. The summed E-state index contributed by atoms with van der Waals surface area (Å²) in [5.41, 5.74) is 1.69. The number of hydrogen-bond donors (Lipinski definition) is 2. The number of benzene rings is 2. The van der Waals surface area contributed by atoms with Crippen molar-refractivity contribution in [1.29, 1.82) is 0 Å². The molecule has 1 aliphatic carbocycles. The van der Waals surface area contributed by atoms with Crippen molar-refractivity contribution in [3.05, 3.63) is 54.1 Å². The highest BCUT2D eigenvalue weighted by Gasteiger charge is 2.23. The minimum Gasteiger partial charge on any atom is -0.457 e. The molecule has 2 fully saturated rings. The van der Waals surface area contributed by atoms with E-state index in [0.29, 0.717) is 17.5 Å². The lowest BCUT2D eigenvalue weighted by molar-refractivity contribution is 0.132. The van der Waals surface area contributed by atoms with Gasteiger partial charge in [-0.2, -0.15) is 0 Å². The molecule has 0 bridgehead atoms. The number of nitrogens with zero attached hydrogens (tertiary/aromatic N) is 2. The molecule has 1 saturated carbocycles. The summed E-state index contributed by atoms with van der Waals surface area (Å²) in [6.45, 7) is 4.08. The first-order valence-corrected chi connectivity index (χ1v) is 13.9. The fraction of sp³-hybridized carbons (Fsp3) is 0.480. The van der Waals surface area contributed by atoms with Crippen molar-refractivity contribution in [3.63, 3.8) is 0 Å². The SMILES string of the molecule is CS(=O)(=O)Nc1ccc(Oc2ccc(CN3CCN(C(=O)NC4CCCCC4)CC3)cc2)cc1.Cl. The minimum atomic E-state index is -3.30. The van der Waals surface area contributed by atoms with Gasteiger partial charge in [-0.05, 0) is 54.8 Å². The Morgan fingerprint density at radius 2 is 1.49 bits per heavy atom. The lowest BCUT2D eigenvalue weighted by Gasteiger charge is -2.36. The molecule has 2 N–H and O–H groups in total. The second-order valence-corrected chi connectivity index (χ2v) is 10.9. The van der Waals surface area contributed by atoms with E-state index in [0.717, 1.165) is 57.6 Å². The molecular formula is C25H35ClN4O4S. The van der Waals surface area contributed by atoms with E-state index in [-0.39, 0.29) is 18.4 Å². The fourth-order valence-corrected chi connectivity index (χ4v) is 5.05. The maximum atomic E-state index is 12.6. The molecule has 35 heavy (non-hydrogen) atoms. The summed E-state index contributed by atoms with van der Waals surface area (Å²) in [5, 5.41) is 3.22. The Kier molecular flexibility index (Phi) is 9.65. The maximum absolute atomic E-state index is 12.6. The second-order valence-electron chi connectivity index (χ2n) is 9.19. The lowest BCUT2D eigenvalue weighted by Crippen LogP contribution is -2.53. The largest absolute Gasteiger partial charge is 0.457 e. The number of halogens is 1. The first-order chi connectivity index (χ1) is 16.3. The Morgan fingerprint density at radius 1 is 0.914 bits per heavy atom. The van der Waals surface area contributed by atoms with E-state index in [1.165, 1.54) is 24.8 Å². The molecular weight excluding hydrogens is 488 g/mol. The van der Waals surface area contributed by atoms with Crippen LogP contribution in [-0.2, 0) is 16.6 Å². The summed E-state index contributed by atoms with van der Waals surface area (Å²) in [5.74, 6) is 1.35. The van der Waals surface area contributed by atoms with E-state index in [1.807, 2.05) is 17.0 Å². The second kappa shape index (κ2) is 12.5. The van der Waals surface area contributed by atoms with Gasteiger partial charge in [0.05, 0.1) is 6.26 Å². The molecule has 4 rings (SSSR count). The Hall–Kier alpha value is -2.49. The molecule has 0 radical (unpaired) electrons. The number of nitrogens with one attached hydrogen (secondary N) is 2. The summed E-state index contributed by atoms with van der Waals surface area (Å²) in [6.07, 6.45) is 7.06. The number of carbonyl (C=O) groups is 1. The van der Waals surface area contributed by atoms with Gasteiger partial charge >= 0.3 is 6.03 Å². The summed E-state index contributed by atoms with van der Waals surface area (Å²) in [4.78, 5) is 16.9. The maximum Gasteiger partial charge on any atom is 0.317 e. The topological polar surface area (TPSA) is 91.0 Å². The van der Waals surface area contributed by atoms with E-state index >= 15 is 0 Å². The molecule has 2 aromatic rings. The number of anilines is 1. The van der Waals surface area contributed by atoms with Crippen molar-refractivity contribution in [3.8, 4) is 11.5 Å². The quantitative estimate of drug-likeness (QED) is 0.561. The van der Waals surface area contributed by atoms with Crippen molar-refractivity contribution < 1.29 is 17.9 Å². The zero-order valence-electron chi connectivity index (χ0n) is 20.1. The molecule has 1 saturated heterocycles. The van der Waals surface area contributed by atoms with Crippen molar-refractivity contribution in [2.45, 2.75) is 44.7 Å². The molecule has 1 aliphatic heterocycles. The third-order valence-corrected chi connectivity index (χ3v) is 6.92. The summed E-state index contributed by atoms with van der Waals surface area (Å²) in [7, 11) is -3.30. The highest BCUT2D eigenvalue weighted by molar-refractivity contribution is 7.92. The summed E-state index contributed by atoms with van der Waals surface area (Å²) in [6, 6.07) is 15.2. The third kappa shape index (κ3) is 8.59. The van der Waals surface area contributed by atoms with E-state index in [9.17, 15) is 13.2 Å². The predicted molar refractivity (Wildman–Crippen MR) is 141 cm³/mol. The predicted octanol–water partition coefficient (Wildman–Crippen LogP) is 4.43. The summed E-state index contributed by atoms with van der Waals surface area (Å²) >= 11 is 0. The van der Waals surface area contributed by atoms with Crippen LogP contribution >= 0.6 is 12.4 Å². The first kappa shape index (κ1) is 27.1. The highest BCUT2D eigenvalue weighted by atomic mass is 35.5. The zero-order chi connectivity index (χ0) is 24.0. The highest BCUT2D eigenvalue weighted by Crippen LogP contribution is 2.24. The number of piperazine rings is 1. The standard InChI is InChI=1S/C25H34N4O4S.ClH/c1-34(31,32)27-22-9-13-24(14-10-22)33-23-11-7-20(8-12-23)19-28-15-17-29(18-16-28)25(30)26-21-5-3-2-4-6-21;/h7-14,21,27H,2-6,15-19H2,1H3,(H,26,30);1H. The van der Waals surface area contributed by atoms with E-state index in [1.54, 1.807) is 24.3 Å². The van der Waals surface area contributed by atoms with Crippen LogP contribution in [-0.4, -0.2) is 62.7 Å². The first-order valence-electron chi connectivity index (χ1n) is 12.0. The number of rotatable bonds is 7. The fourth-order valence-electron chi connectivity index (χ4n) is 4.48. The van der Waals surface area contributed by atoms with E-state index in [4.69, 9.17) is 4.74 Å². The Labute approximate surface area is 214 Å². The van der Waals surface area contributed by atoms with E-state index < -0.39 is 10.0 Å². The number of carbonyl (C=O) groups excluding carboxylic acids is 1. The van der Waals surface area contributed by atoms with Gasteiger partial charge in [0.15, 0.2) is 0 Å².